The van der Waals surface area contributed by atoms with Crippen LogP contribution in [0.2, 0.25) is 0 Å². The first kappa shape index (κ1) is 13.0. The number of thiol groups is 3. The Kier molecular flexibility index (Phi) is 6.96. The molecule has 0 saturated heterocycles. The van der Waals surface area contributed by atoms with Crippen LogP contribution in [0.5, 0.6) is 0 Å². The summed E-state index contributed by atoms with van der Waals surface area (Å²) >= 11 is 11.8. The number of halogens is 1. The normalized spacial score (nSPS) is 14.8. The quantitative estimate of drug-likeness (QED) is 0.344. The molecule has 12 heavy (non-hydrogen) atoms. The van der Waals surface area contributed by atoms with Gasteiger partial charge < -0.3 is 0 Å². The maximum absolute atomic E-state index is 13.1. The van der Waals surface area contributed by atoms with Crippen molar-refractivity contribution in [3.8, 4) is 0 Å². The summed E-state index contributed by atoms with van der Waals surface area (Å²) in [5.41, 5.74) is 0. The second-order valence-corrected chi connectivity index (χ2v) is 6.18. The van der Waals surface area contributed by atoms with Gasteiger partial charge in [-0.2, -0.15) is 0 Å². The highest BCUT2D eigenvalue weighted by molar-refractivity contribution is 8.17. The van der Waals surface area contributed by atoms with Gasteiger partial charge in [0.1, 0.15) is 9.58 Å². The predicted molar refractivity (Wildman–Crippen MR) is 63.3 cm³/mol. The van der Waals surface area contributed by atoms with Gasteiger partial charge in [0, 0.05) is 0 Å². The van der Waals surface area contributed by atoms with Crippen molar-refractivity contribution >= 4 is 37.9 Å². The molecule has 0 aromatic carbocycles. The first-order valence-electron chi connectivity index (χ1n) is 4.29. The van der Waals surface area contributed by atoms with Gasteiger partial charge in [-0.1, -0.05) is 32.6 Å². The zero-order valence-corrected chi connectivity index (χ0v) is 10.0. The monoisotopic (exact) mass is 228 g/mol. The Morgan fingerprint density at radius 1 is 1.17 bits per heavy atom. The Bertz CT molecular complexity index is 111. The SMILES string of the molecule is CCCCCCC(F)C(S)(S)S. The number of alkyl halides is 1. The third kappa shape index (κ3) is 6.49. The average molecular weight is 228 g/mol. The van der Waals surface area contributed by atoms with Gasteiger partial charge in [-0.15, -0.1) is 37.9 Å². The van der Waals surface area contributed by atoms with Crippen LogP contribution in [0.4, 0.5) is 4.39 Å². The van der Waals surface area contributed by atoms with Crippen molar-refractivity contribution in [2.75, 3.05) is 0 Å². The van der Waals surface area contributed by atoms with Crippen LogP contribution in [0, 0.1) is 0 Å². The van der Waals surface area contributed by atoms with Crippen molar-refractivity contribution in [1.82, 2.24) is 0 Å². The maximum Gasteiger partial charge on any atom is 0.132 e. The minimum Gasteiger partial charge on any atom is -0.244 e. The second kappa shape index (κ2) is 6.44. The van der Waals surface area contributed by atoms with Crippen LogP contribution in [0.15, 0.2) is 0 Å². The molecule has 0 nitrogen and oxygen atoms in total. The van der Waals surface area contributed by atoms with Gasteiger partial charge in [0.2, 0.25) is 0 Å². The summed E-state index contributed by atoms with van der Waals surface area (Å²) < 4.78 is 12.0. The molecule has 0 aromatic heterocycles. The average Bonchev–Trinajstić information content (AvgIpc) is 1.96. The standard InChI is InChI=1S/C8H17FS3/c1-2-3-4-5-6-7(9)8(10,11)12/h7,10-12H,2-6H2,1H3. The minimum atomic E-state index is -1.08. The molecule has 74 valence electrons. The third-order valence-corrected chi connectivity index (χ3v) is 2.57. The van der Waals surface area contributed by atoms with Crippen molar-refractivity contribution in [1.29, 1.82) is 0 Å². The molecular weight excluding hydrogens is 211 g/mol. The molecule has 0 rings (SSSR count). The highest BCUT2D eigenvalue weighted by Gasteiger charge is 2.26. The van der Waals surface area contributed by atoms with Crippen molar-refractivity contribution in [2.24, 2.45) is 0 Å². The number of rotatable bonds is 6. The zero-order valence-electron chi connectivity index (χ0n) is 7.33. The van der Waals surface area contributed by atoms with E-state index in [4.69, 9.17) is 0 Å². The van der Waals surface area contributed by atoms with E-state index in [0.29, 0.717) is 6.42 Å². The lowest BCUT2D eigenvalue weighted by molar-refractivity contribution is 0.318. The van der Waals surface area contributed by atoms with Crippen molar-refractivity contribution in [3.05, 3.63) is 0 Å². The van der Waals surface area contributed by atoms with Gasteiger partial charge in [-0.05, 0) is 6.42 Å². The first-order chi connectivity index (χ1) is 5.48. The van der Waals surface area contributed by atoms with Crippen molar-refractivity contribution in [2.45, 2.75) is 48.6 Å². The summed E-state index contributed by atoms with van der Waals surface area (Å²) in [5.74, 6) is 0. The van der Waals surface area contributed by atoms with Crippen LogP contribution < -0.4 is 0 Å². The molecule has 4 heteroatoms. The molecule has 0 fully saturated rings. The smallest absolute Gasteiger partial charge is 0.132 e. The highest BCUT2D eigenvalue weighted by Crippen LogP contribution is 2.33. The zero-order chi connectivity index (χ0) is 9.61. The molecular formula is C8H17FS3. The Hall–Kier alpha value is 0.980. The molecule has 0 saturated carbocycles. The molecule has 0 heterocycles. The molecule has 1 unspecified atom stereocenters. The van der Waals surface area contributed by atoms with E-state index >= 15 is 0 Å². The number of hydrogen-bond acceptors (Lipinski definition) is 3. The van der Waals surface area contributed by atoms with E-state index in [1.54, 1.807) is 0 Å². The molecule has 1 atom stereocenters. The predicted octanol–water partition coefficient (Wildman–Crippen LogP) is 3.74. The van der Waals surface area contributed by atoms with E-state index in [1.807, 2.05) is 0 Å². The molecule has 0 spiro atoms. The van der Waals surface area contributed by atoms with Gasteiger partial charge in [0.25, 0.3) is 0 Å². The lowest BCUT2D eigenvalue weighted by Crippen LogP contribution is -2.20. The summed E-state index contributed by atoms with van der Waals surface area (Å²) in [6, 6.07) is 0. The summed E-state index contributed by atoms with van der Waals surface area (Å²) in [6.45, 7) is 2.13. The lowest BCUT2D eigenvalue weighted by Gasteiger charge is -2.20. The largest absolute Gasteiger partial charge is 0.244 e. The van der Waals surface area contributed by atoms with Crippen molar-refractivity contribution < 1.29 is 4.39 Å². The van der Waals surface area contributed by atoms with Crippen LogP contribution in [0.3, 0.4) is 0 Å². The molecule has 0 bridgehead atoms. The Morgan fingerprint density at radius 3 is 2.17 bits per heavy atom. The minimum absolute atomic E-state index is 0.510. The van der Waals surface area contributed by atoms with Gasteiger partial charge in [0.05, 0.1) is 0 Å². The second-order valence-electron chi connectivity index (χ2n) is 3.00. The van der Waals surface area contributed by atoms with E-state index in [2.05, 4.69) is 44.8 Å². The van der Waals surface area contributed by atoms with Crippen molar-refractivity contribution in [3.63, 3.8) is 0 Å². The molecule has 0 N–H and O–H groups in total. The Morgan fingerprint density at radius 2 is 1.75 bits per heavy atom. The summed E-state index contributed by atoms with van der Waals surface area (Å²) in [5, 5.41) is 0. The van der Waals surface area contributed by atoms with Gasteiger partial charge >= 0.3 is 0 Å². The topological polar surface area (TPSA) is 0 Å². The fraction of sp³-hybridized carbons (Fsp3) is 1.00. The van der Waals surface area contributed by atoms with E-state index in [1.165, 1.54) is 12.8 Å². The summed E-state index contributed by atoms with van der Waals surface area (Å²) in [7, 11) is 0. The van der Waals surface area contributed by atoms with E-state index < -0.39 is 9.58 Å². The fourth-order valence-electron chi connectivity index (χ4n) is 0.944. The molecule has 0 amide bonds. The van der Waals surface area contributed by atoms with Crippen LogP contribution in [0.1, 0.15) is 39.0 Å². The van der Waals surface area contributed by atoms with Gasteiger partial charge in [-0.25, -0.2) is 4.39 Å². The van der Waals surface area contributed by atoms with Crippen LogP contribution in [-0.2, 0) is 0 Å². The Balaban J connectivity index is 3.38. The molecule has 0 aliphatic rings. The van der Waals surface area contributed by atoms with E-state index in [0.717, 1.165) is 12.8 Å². The molecule has 0 aliphatic carbocycles. The summed E-state index contributed by atoms with van der Waals surface area (Å²) in [4.78, 5) is 0. The number of hydrogen-bond donors (Lipinski definition) is 3. The molecule has 0 aromatic rings. The first-order valence-corrected chi connectivity index (χ1v) is 5.63. The fourth-order valence-corrected chi connectivity index (χ4v) is 1.33. The Labute approximate surface area is 90.9 Å². The van der Waals surface area contributed by atoms with Crippen LogP contribution in [0.25, 0.3) is 0 Å². The third-order valence-electron chi connectivity index (χ3n) is 1.73. The van der Waals surface area contributed by atoms with E-state index in [-0.39, 0.29) is 0 Å². The summed E-state index contributed by atoms with van der Waals surface area (Å²) in [6.07, 6.45) is 3.80. The van der Waals surface area contributed by atoms with Crippen LogP contribution >= 0.6 is 37.9 Å². The van der Waals surface area contributed by atoms with Gasteiger partial charge in [-0.3, -0.25) is 0 Å². The van der Waals surface area contributed by atoms with Crippen LogP contribution in [-0.4, -0.2) is 9.58 Å². The molecule has 0 aliphatic heterocycles. The van der Waals surface area contributed by atoms with Gasteiger partial charge in [0.15, 0.2) is 0 Å². The molecule has 0 radical (unpaired) electrons. The number of unbranched alkanes of at least 4 members (excludes halogenated alkanes) is 3. The lowest BCUT2D eigenvalue weighted by atomic mass is 10.1. The maximum atomic E-state index is 13.1. The van der Waals surface area contributed by atoms with E-state index in [9.17, 15) is 4.39 Å². The highest BCUT2D eigenvalue weighted by atomic mass is 32.2.